The molecule has 0 aliphatic carbocycles. The fourth-order valence-corrected chi connectivity index (χ4v) is 8.28. The summed E-state index contributed by atoms with van der Waals surface area (Å²) in [6.45, 7) is 9.30. The highest BCUT2D eigenvalue weighted by atomic mass is 15.3. The predicted octanol–water partition coefficient (Wildman–Crippen LogP) is 9.14. The molecule has 0 saturated heterocycles. The summed E-state index contributed by atoms with van der Waals surface area (Å²) in [4.78, 5) is 4.89. The number of aromatic nitrogens is 6. The average molecular weight is 625 g/mol. The molecule has 3 aromatic heterocycles. The first-order valence-corrected chi connectivity index (χ1v) is 16.3. The van der Waals surface area contributed by atoms with Crippen molar-refractivity contribution in [1.82, 2.24) is 29.2 Å². The third-order valence-electron chi connectivity index (χ3n) is 10.6. The summed E-state index contributed by atoms with van der Waals surface area (Å²) >= 11 is 0. The minimum Gasteiger partial charge on any atom is -0.308 e. The Labute approximate surface area is 277 Å². The van der Waals surface area contributed by atoms with Gasteiger partial charge in [0.25, 0.3) is 0 Å². The van der Waals surface area contributed by atoms with Crippen molar-refractivity contribution in [1.29, 1.82) is 0 Å². The quantitative estimate of drug-likeness (QED) is 0.191. The lowest BCUT2D eigenvalue weighted by molar-refractivity contribution is 0.630. The second-order valence-corrected chi connectivity index (χ2v) is 13.9. The highest BCUT2D eigenvalue weighted by Gasteiger charge is 2.41. The standard InChI is InChI=1S/C40H32N8/c1-39(2)25-13-5-9-17-29(25)47(30-18-10-6-14-26(30)39)35-21-33-34(46-24-42-44-38(46)37-43-41-23-45(33)37)22-36(35)48-31-19-11-7-15-27(31)40(3,4)28-16-8-12-20-32(28)48/h5-24H,1-4H3. The minimum atomic E-state index is -0.189. The van der Waals surface area contributed by atoms with Crippen molar-refractivity contribution >= 4 is 56.5 Å². The van der Waals surface area contributed by atoms with Gasteiger partial charge >= 0.3 is 0 Å². The third kappa shape index (κ3) is 3.38. The van der Waals surface area contributed by atoms with Gasteiger partial charge in [0, 0.05) is 10.8 Å². The topological polar surface area (TPSA) is 66.9 Å². The van der Waals surface area contributed by atoms with E-state index in [1.165, 1.54) is 22.3 Å². The molecule has 0 spiro atoms. The van der Waals surface area contributed by atoms with E-state index in [0.717, 1.165) is 45.2 Å². The molecule has 0 N–H and O–H groups in total. The molecular formula is C40H32N8. The van der Waals surface area contributed by atoms with Crippen LogP contribution < -0.4 is 9.80 Å². The maximum Gasteiger partial charge on any atom is 0.206 e. The first kappa shape index (κ1) is 27.1. The van der Waals surface area contributed by atoms with Gasteiger partial charge in [-0.3, -0.25) is 8.80 Å². The Balaban J connectivity index is 1.39. The number of anilines is 6. The molecule has 0 fully saturated rings. The Kier molecular flexibility index (Phi) is 5.25. The fourth-order valence-electron chi connectivity index (χ4n) is 8.28. The molecule has 0 bridgehead atoms. The van der Waals surface area contributed by atoms with Crippen LogP contribution in [-0.2, 0) is 10.8 Å². The number of fused-ring (bicyclic) bond motifs is 10. The largest absolute Gasteiger partial charge is 0.308 e. The molecule has 8 nitrogen and oxygen atoms in total. The smallest absolute Gasteiger partial charge is 0.206 e. The number of rotatable bonds is 2. The van der Waals surface area contributed by atoms with Crippen LogP contribution in [-0.4, -0.2) is 29.2 Å². The van der Waals surface area contributed by atoms with Crippen molar-refractivity contribution in [2.24, 2.45) is 0 Å². The maximum absolute atomic E-state index is 4.46. The molecule has 5 aromatic carbocycles. The highest BCUT2D eigenvalue weighted by Crippen LogP contribution is 2.58. The van der Waals surface area contributed by atoms with Crippen molar-refractivity contribution in [2.75, 3.05) is 9.80 Å². The summed E-state index contributed by atoms with van der Waals surface area (Å²) in [5.74, 6) is 0. The number of hydrogen-bond acceptors (Lipinski definition) is 6. The zero-order valence-corrected chi connectivity index (χ0v) is 27.1. The first-order chi connectivity index (χ1) is 23.4. The number of benzene rings is 5. The van der Waals surface area contributed by atoms with Crippen LogP contribution in [0.1, 0.15) is 49.9 Å². The molecule has 0 atom stereocenters. The van der Waals surface area contributed by atoms with E-state index >= 15 is 0 Å². The predicted molar refractivity (Wildman–Crippen MR) is 191 cm³/mol. The Morgan fingerprint density at radius 1 is 0.417 bits per heavy atom. The van der Waals surface area contributed by atoms with E-state index in [1.807, 2.05) is 8.80 Å². The molecule has 2 aliphatic rings. The molecule has 232 valence electrons. The Bertz CT molecular complexity index is 2330. The third-order valence-corrected chi connectivity index (χ3v) is 10.6. The summed E-state index contributed by atoms with van der Waals surface area (Å²) in [6, 6.07) is 39.8. The summed E-state index contributed by atoms with van der Waals surface area (Å²) in [7, 11) is 0. The molecule has 48 heavy (non-hydrogen) atoms. The van der Waals surface area contributed by atoms with Crippen molar-refractivity contribution in [3.63, 3.8) is 0 Å². The lowest BCUT2D eigenvalue weighted by atomic mass is 9.73. The van der Waals surface area contributed by atoms with Crippen molar-refractivity contribution in [3.8, 4) is 0 Å². The number of para-hydroxylation sites is 4. The van der Waals surface area contributed by atoms with Crippen LogP contribution in [0.5, 0.6) is 0 Å². The van der Waals surface area contributed by atoms with Crippen LogP contribution in [0.4, 0.5) is 34.1 Å². The lowest BCUT2D eigenvalue weighted by Gasteiger charge is -2.45. The Morgan fingerprint density at radius 3 is 1.06 bits per heavy atom. The van der Waals surface area contributed by atoms with Gasteiger partial charge in [-0.05, 0) is 58.7 Å². The van der Waals surface area contributed by atoms with Gasteiger partial charge < -0.3 is 9.80 Å². The molecule has 10 rings (SSSR count). The average Bonchev–Trinajstić information content (AvgIpc) is 3.80. The highest BCUT2D eigenvalue weighted by molar-refractivity contribution is 6.02. The normalized spacial score (nSPS) is 15.8. The molecule has 0 radical (unpaired) electrons. The minimum absolute atomic E-state index is 0.189. The van der Waals surface area contributed by atoms with Gasteiger partial charge in [0.05, 0.1) is 45.2 Å². The van der Waals surface area contributed by atoms with E-state index in [-0.39, 0.29) is 10.8 Å². The summed E-state index contributed by atoms with van der Waals surface area (Å²) in [5.41, 5.74) is 14.7. The zero-order chi connectivity index (χ0) is 32.4. The van der Waals surface area contributed by atoms with Gasteiger partial charge in [-0.1, -0.05) is 100 Å². The van der Waals surface area contributed by atoms with Crippen molar-refractivity contribution in [3.05, 3.63) is 144 Å². The van der Waals surface area contributed by atoms with Gasteiger partial charge in [0.15, 0.2) is 0 Å². The maximum atomic E-state index is 4.46. The van der Waals surface area contributed by atoms with Gasteiger partial charge in [0.1, 0.15) is 12.7 Å². The molecule has 5 heterocycles. The van der Waals surface area contributed by atoms with E-state index in [2.05, 4.69) is 167 Å². The van der Waals surface area contributed by atoms with Crippen molar-refractivity contribution < 1.29 is 0 Å². The Morgan fingerprint density at radius 2 is 0.729 bits per heavy atom. The van der Waals surface area contributed by atoms with E-state index in [4.69, 9.17) is 0 Å². The monoisotopic (exact) mass is 624 g/mol. The van der Waals surface area contributed by atoms with Crippen LogP contribution >= 0.6 is 0 Å². The van der Waals surface area contributed by atoms with E-state index in [1.54, 1.807) is 12.7 Å². The molecule has 2 aliphatic heterocycles. The number of nitrogens with zero attached hydrogens (tertiary/aromatic N) is 8. The molecule has 0 amide bonds. The van der Waals surface area contributed by atoms with E-state index < -0.39 is 0 Å². The van der Waals surface area contributed by atoms with Crippen LogP contribution in [0.15, 0.2) is 122 Å². The van der Waals surface area contributed by atoms with Crippen LogP contribution in [0.2, 0.25) is 0 Å². The van der Waals surface area contributed by atoms with Gasteiger partial charge in [0.2, 0.25) is 11.3 Å². The summed E-state index contributed by atoms with van der Waals surface area (Å²) in [5, 5.41) is 17.5. The molecule has 0 unspecified atom stereocenters. The number of hydrogen-bond donors (Lipinski definition) is 0. The van der Waals surface area contributed by atoms with E-state index in [9.17, 15) is 0 Å². The zero-order valence-electron chi connectivity index (χ0n) is 27.1. The first-order valence-electron chi connectivity index (χ1n) is 16.3. The SMILES string of the molecule is CC1(C)c2ccccc2N(c2cc3c(cc2N2c4ccccc4C(C)(C)c4ccccc42)n2cnnc2c2nncn32)c2ccccc21. The van der Waals surface area contributed by atoms with Crippen LogP contribution in [0, 0.1) is 0 Å². The summed E-state index contributed by atoms with van der Waals surface area (Å²) < 4.78 is 4.05. The second-order valence-electron chi connectivity index (χ2n) is 13.9. The Hall–Kier alpha value is -6.02. The van der Waals surface area contributed by atoms with Crippen LogP contribution in [0.25, 0.3) is 22.3 Å². The summed E-state index contributed by atoms with van der Waals surface area (Å²) in [6.07, 6.45) is 3.54. The molecular weight excluding hydrogens is 592 g/mol. The molecule has 8 heteroatoms. The van der Waals surface area contributed by atoms with Crippen molar-refractivity contribution in [2.45, 2.75) is 38.5 Å². The van der Waals surface area contributed by atoms with Gasteiger partial charge in [-0.25, -0.2) is 0 Å². The van der Waals surface area contributed by atoms with E-state index in [0.29, 0.717) is 11.3 Å². The fraction of sp³-hybridized carbons (Fsp3) is 0.150. The lowest BCUT2D eigenvalue weighted by Crippen LogP contribution is -2.33. The van der Waals surface area contributed by atoms with Crippen LogP contribution in [0.3, 0.4) is 0 Å². The second kappa shape index (κ2) is 9.29. The molecule has 8 aromatic rings. The molecule has 0 saturated carbocycles. The van der Waals surface area contributed by atoms with Gasteiger partial charge in [-0.2, -0.15) is 0 Å². The van der Waals surface area contributed by atoms with Gasteiger partial charge in [-0.15, -0.1) is 20.4 Å².